The van der Waals surface area contributed by atoms with Crippen LogP contribution in [0.5, 0.6) is 11.5 Å². The van der Waals surface area contributed by atoms with E-state index in [-0.39, 0.29) is 35.8 Å². The lowest BCUT2D eigenvalue weighted by Crippen LogP contribution is -2.38. The second-order valence-corrected chi connectivity index (χ2v) is 11.4. The predicted molar refractivity (Wildman–Crippen MR) is 127 cm³/mol. The van der Waals surface area contributed by atoms with Crippen LogP contribution in [0.4, 0.5) is 0 Å². The third kappa shape index (κ3) is 4.62. The first-order valence-corrected chi connectivity index (χ1v) is 13.7. The average molecular weight is 501 g/mol. The van der Waals surface area contributed by atoms with Crippen LogP contribution in [0, 0.1) is 0 Å². The number of rotatable bonds is 6. The zero-order valence-electron chi connectivity index (χ0n) is 18.5. The van der Waals surface area contributed by atoms with Crippen LogP contribution in [0.1, 0.15) is 18.3 Å². The van der Waals surface area contributed by atoms with Crippen LogP contribution < -0.4 is 9.47 Å². The van der Waals surface area contributed by atoms with Gasteiger partial charge in [0.1, 0.15) is 6.61 Å². The summed E-state index contributed by atoms with van der Waals surface area (Å²) in [5.74, 6) is 2.00. The quantitative estimate of drug-likeness (QED) is 0.476. The number of fused-ring (bicyclic) bond motifs is 1. The Balaban J connectivity index is 1.37. The van der Waals surface area contributed by atoms with Crippen LogP contribution in [0.15, 0.2) is 59.8 Å². The molecule has 0 bridgehead atoms. The van der Waals surface area contributed by atoms with E-state index in [0.29, 0.717) is 28.9 Å². The van der Waals surface area contributed by atoms with E-state index in [2.05, 4.69) is 10.2 Å². The summed E-state index contributed by atoms with van der Waals surface area (Å²) in [6.45, 7) is 0.282. The van der Waals surface area contributed by atoms with Gasteiger partial charge in [-0.1, -0.05) is 42.1 Å². The Kier molecular flexibility index (Phi) is 6.22. The van der Waals surface area contributed by atoms with E-state index in [0.717, 1.165) is 5.69 Å². The number of benzene rings is 2. The number of sulfone groups is 1. The highest BCUT2D eigenvalue weighted by Crippen LogP contribution is 2.37. The number of hydrogen-bond acceptors (Lipinski definition) is 8. The molecule has 2 aromatic carbocycles. The van der Waals surface area contributed by atoms with E-state index >= 15 is 0 Å². The van der Waals surface area contributed by atoms with Crippen LogP contribution in [0.3, 0.4) is 0 Å². The molecule has 0 spiro atoms. The molecule has 2 aliphatic rings. The van der Waals surface area contributed by atoms with Crippen molar-refractivity contribution in [3.05, 3.63) is 60.4 Å². The summed E-state index contributed by atoms with van der Waals surface area (Å²) in [7, 11) is -1.41. The largest absolute Gasteiger partial charge is 0.485 e. The van der Waals surface area contributed by atoms with Crippen molar-refractivity contribution in [3.63, 3.8) is 0 Å². The van der Waals surface area contributed by atoms with Crippen molar-refractivity contribution in [2.24, 2.45) is 0 Å². The summed E-state index contributed by atoms with van der Waals surface area (Å²) in [6, 6.07) is 16.8. The van der Waals surface area contributed by atoms with E-state index in [1.54, 1.807) is 7.05 Å². The molecule has 9 nitrogen and oxygen atoms in total. The Morgan fingerprint density at radius 3 is 2.59 bits per heavy atom. The fraction of sp³-hybridized carbons (Fsp3) is 0.348. The summed E-state index contributed by atoms with van der Waals surface area (Å²) in [5, 5.41) is 9.29. The van der Waals surface area contributed by atoms with Crippen molar-refractivity contribution in [1.29, 1.82) is 0 Å². The monoisotopic (exact) mass is 500 g/mol. The van der Waals surface area contributed by atoms with Crippen molar-refractivity contribution in [2.45, 2.75) is 23.7 Å². The highest BCUT2D eigenvalue weighted by atomic mass is 32.2. The molecule has 0 saturated carbocycles. The van der Waals surface area contributed by atoms with E-state index in [4.69, 9.17) is 9.47 Å². The van der Waals surface area contributed by atoms with Gasteiger partial charge in [-0.05, 0) is 30.7 Å². The first-order chi connectivity index (χ1) is 16.4. The molecule has 11 heteroatoms. The molecule has 0 radical (unpaired) electrons. The summed E-state index contributed by atoms with van der Waals surface area (Å²) in [4.78, 5) is 14.4. The molecule has 178 valence electrons. The van der Waals surface area contributed by atoms with Crippen molar-refractivity contribution < 1.29 is 22.7 Å². The number of para-hydroxylation sites is 3. The molecule has 1 amide bonds. The van der Waals surface area contributed by atoms with Crippen LogP contribution in [0.2, 0.25) is 0 Å². The molecular formula is C23H24N4O5S2. The molecule has 2 atom stereocenters. The number of ether oxygens (including phenoxy) is 2. The Morgan fingerprint density at radius 1 is 1.12 bits per heavy atom. The van der Waals surface area contributed by atoms with Gasteiger partial charge in [-0.2, -0.15) is 0 Å². The summed E-state index contributed by atoms with van der Waals surface area (Å²) >= 11 is 1.26. The molecule has 0 N–H and O–H groups in total. The van der Waals surface area contributed by atoms with Crippen molar-refractivity contribution in [1.82, 2.24) is 19.7 Å². The molecular weight excluding hydrogens is 476 g/mol. The minimum absolute atomic E-state index is 0.0186. The van der Waals surface area contributed by atoms with Gasteiger partial charge in [0.25, 0.3) is 0 Å². The Morgan fingerprint density at radius 2 is 1.85 bits per heavy atom. The summed E-state index contributed by atoms with van der Waals surface area (Å²) in [6.07, 6.45) is -0.000823. The summed E-state index contributed by atoms with van der Waals surface area (Å²) < 4.78 is 37.5. The maximum absolute atomic E-state index is 12.8. The van der Waals surface area contributed by atoms with Crippen molar-refractivity contribution >= 4 is 27.5 Å². The normalized spacial score (nSPS) is 20.7. The fourth-order valence-electron chi connectivity index (χ4n) is 4.06. The lowest BCUT2D eigenvalue weighted by atomic mass is 10.2. The van der Waals surface area contributed by atoms with E-state index in [1.165, 1.54) is 16.7 Å². The number of carbonyl (C=O) groups excluding carboxylic acids is 1. The number of thioether (sulfide) groups is 1. The first kappa shape index (κ1) is 22.7. The van der Waals surface area contributed by atoms with Crippen molar-refractivity contribution in [2.75, 3.05) is 30.9 Å². The maximum Gasteiger partial charge on any atom is 0.233 e. The smallest absolute Gasteiger partial charge is 0.233 e. The van der Waals surface area contributed by atoms with Gasteiger partial charge < -0.3 is 14.4 Å². The lowest BCUT2D eigenvalue weighted by Gasteiger charge is -2.26. The van der Waals surface area contributed by atoms with Gasteiger partial charge in [0.2, 0.25) is 5.91 Å². The van der Waals surface area contributed by atoms with E-state index in [9.17, 15) is 13.2 Å². The van der Waals surface area contributed by atoms with Crippen molar-refractivity contribution in [3.8, 4) is 17.2 Å². The fourth-order valence-corrected chi connectivity index (χ4v) is 6.72. The Labute approximate surface area is 202 Å². The van der Waals surface area contributed by atoms with Crippen LogP contribution in [-0.4, -0.2) is 70.9 Å². The molecule has 34 heavy (non-hydrogen) atoms. The third-order valence-corrected chi connectivity index (χ3v) is 8.61. The summed E-state index contributed by atoms with van der Waals surface area (Å²) in [5.41, 5.74) is 0.843. The SMILES string of the molecule is CN(C(=O)CSc1nnc([C@@H]2COc3ccccc3O2)n1-c1ccccc1)[C@@H]1CCS(=O)(=O)C1. The second-order valence-electron chi connectivity index (χ2n) is 8.23. The molecule has 3 aromatic rings. The predicted octanol–water partition coefficient (Wildman–Crippen LogP) is 2.52. The zero-order chi connectivity index (χ0) is 23.7. The number of nitrogens with zero attached hydrogens (tertiary/aromatic N) is 4. The van der Waals surface area contributed by atoms with Crippen LogP contribution in [0.25, 0.3) is 5.69 Å². The average Bonchev–Trinajstić information content (AvgIpc) is 3.45. The molecule has 2 aliphatic heterocycles. The van der Waals surface area contributed by atoms with Gasteiger partial charge >= 0.3 is 0 Å². The van der Waals surface area contributed by atoms with Gasteiger partial charge in [0.15, 0.2) is 38.4 Å². The standard InChI is InChI=1S/C23H24N4O5S2/c1-26(17-11-12-34(29,30)15-17)21(28)14-33-23-25-24-22(27(23)16-7-3-2-4-8-16)20-13-31-18-9-5-6-10-19(18)32-20/h2-10,17,20H,11-15H2,1H3/t17-,20+/m1/s1. The molecule has 0 aliphatic carbocycles. The van der Waals surface area contributed by atoms with Gasteiger partial charge in [-0.15, -0.1) is 10.2 Å². The molecule has 1 aromatic heterocycles. The van der Waals surface area contributed by atoms with Gasteiger partial charge in [0.05, 0.1) is 17.3 Å². The van der Waals surface area contributed by atoms with Crippen LogP contribution in [-0.2, 0) is 14.6 Å². The minimum Gasteiger partial charge on any atom is -0.485 e. The lowest BCUT2D eigenvalue weighted by molar-refractivity contribution is -0.128. The number of aromatic nitrogens is 3. The molecule has 0 unspecified atom stereocenters. The van der Waals surface area contributed by atoms with Gasteiger partial charge in [-0.25, -0.2) is 8.42 Å². The van der Waals surface area contributed by atoms with Gasteiger partial charge in [-0.3, -0.25) is 9.36 Å². The Hall–Kier alpha value is -3.05. The maximum atomic E-state index is 12.8. The third-order valence-electron chi connectivity index (χ3n) is 5.94. The topological polar surface area (TPSA) is 104 Å². The zero-order valence-corrected chi connectivity index (χ0v) is 20.2. The molecule has 1 fully saturated rings. The highest BCUT2D eigenvalue weighted by Gasteiger charge is 2.33. The first-order valence-electron chi connectivity index (χ1n) is 10.9. The second kappa shape index (κ2) is 9.30. The van der Waals surface area contributed by atoms with Crippen LogP contribution >= 0.6 is 11.8 Å². The van der Waals surface area contributed by atoms with E-state index in [1.807, 2.05) is 59.2 Å². The minimum atomic E-state index is -3.07. The molecule has 1 saturated heterocycles. The van der Waals surface area contributed by atoms with E-state index < -0.39 is 15.9 Å². The van der Waals surface area contributed by atoms with Gasteiger partial charge in [0, 0.05) is 18.8 Å². The number of amides is 1. The Bertz CT molecular complexity index is 1300. The highest BCUT2D eigenvalue weighted by molar-refractivity contribution is 7.99. The number of hydrogen-bond donors (Lipinski definition) is 0. The molecule has 3 heterocycles. The number of carbonyl (C=O) groups is 1. The molecule has 5 rings (SSSR count).